The van der Waals surface area contributed by atoms with E-state index in [-0.39, 0.29) is 41.3 Å². The molecule has 0 aliphatic carbocycles. The lowest BCUT2D eigenvalue weighted by Crippen LogP contribution is -2.46. The molecule has 2 amide bonds. The van der Waals surface area contributed by atoms with Crippen molar-refractivity contribution in [3.05, 3.63) is 107 Å². The largest absolute Gasteiger partial charge is 0.508 e. The normalized spacial score (nSPS) is 18.1. The number of phenolic OH excluding ortho intramolecular Hbond substituents is 2. The molecule has 0 radical (unpaired) electrons. The number of aromatic nitrogens is 1. The molecule has 10 heteroatoms. The number of nitrogens with zero attached hydrogens (tertiary/aromatic N) is 5. The van der Waals surface area contributed by atoms with E-state index in [2.05, 4.69) is 16.0 Å². The summed E-state index contributed by atoms with van der Waals surface area (Å²) < 4.78 is 6.13. The molecule has 2 fully saturated rings. The first-order chi connectivity index (χ1) is 23.8. The SMILES string of the molecule is Cc1cnc2c(c1)CCc1cc(O)cc(O)c1N2C1CCN(C(=O)CC2CCN(C(=NC(=O)c3ccccc3)Oc3ccccc3)C2)CC1. The molecule has 2 saturated heterocycles. The number of phenols is 2. The maximum atomic E-state index is 13.6. The molecule has 3 aromatic carbocycles. The Labute approximate surface area is 286 Å². The molecule has 0 bridgehead atoms. The highest BCUT2D eigenvalue weighted by Crippen LogP contribution is 2.45. The zero-order valence-corrected chi connectivity index (χ0v) is 27.7. The summed E-state index contributed by atoms with van der Waals surface area (Å²) in [5.41, 5.74) is 4.27. The number of hydrogen-bond donors (Lipinski definition) is 2. The van der Waals surface area contributed by atoms with E-state index in [1.165, 1.54) is 6.07 Å². The molecule has 3 aliphatic heterocycles. The molecule has 7 rings (SSSR count). The number of pyridine rings is 1. The van der Waals surface area contributed by atoms with E-state index in [1.54, 1.807) is 30.3 Å². The van der Waals surface area contributed by atoms with Crippen LogP contribution in [-0.4, -0.2) is 75.1 Å². The predicted molar refractivity (Wildman–Crippen MR) is 187 cm³/mol. The van der Waals surface area contributed by atoms with Crippen LogP contribution in [0.3, 0.4) is 0 Å². The van der Waals surface area contributed by atoms with E-state index in [9.17, 15) is 19.8 Å². The lowest BCUT2D eigenvalue weighted by Gasteiger charge is -2.40. The lowest BCUT2D eigenvalue weighted by molar-refractivity contribution is -0.133. The first kappa shape index (κ1) is 32.2. The third kappa shape index (κ3) is 7.09. The standard InChI is InChI=1S/C39H41N5O5/c1-26-20-30-13-12-29-22-32(45)23-34(46)36(29)44(37(30)40-24-26)31-15-18-42(19-16-31)35(47)21-27-14-17-43(25-27)39(49-33-10-6-3-7-11-33)41-38(48)28-8-4-2-5-9-28/h2-11,20,22-24,27,31,45-46H,12-19,21,25H2,1H3. The summed E-state index contributed by atoms with van der Waals surface area (Å²) in [5.74, 6) is 1.36. The minimum Gasteiger partial charge on any atom is -0.508 e. The summed E-state index contributed by atoms with van der Waals surface area (Å²) in [4.78, 5) is 41.9. The van der Waals surface area contributed by atoms with Crippen LogP contribution in [0.25, 0.3) is 0 Å². The van der Waals surface area contributed by atoms with Crippen LogP contribution in [0.4, 0.5) is 11.5 Å². The van der Waals surface area contributed by atoms with Crippen molar-refractivity contribution in [2.75, 3.05) is 31.1 Å². The number of amidine groups is 1. The van der Waals surface area contributed by atoms with E-state index in [0.29, 0.717) is 56.0 Å². The van der Waals surface area contributed by atoms with Crippen LogP contribution in [-0.2, 0) is 17.6 Å². The molecule has 4 aromatic rings. The van der Waals surface area contributed by atoms with Crippen molar-refractivity contribution < 1.29 is 24.5 Å². The summed E-state index contributed by atoms with van der Waals surface area (Å²) >= 11 is 0. The van der Waals surface area contributed by atoms with Gasteiger partial charge in [0.05, 0.1) is 5.69 Å². The second-order valence-corrected chi connectivity index (χ2v) is 13.2. The van der Waals surface area contributed by atoms with Crippen LogP contribution >= 0.6 is 0 Å². The van der Waals surface area contributed by atoms with Crippen molar-refractivity contribution in [3.63, 3.8) is 0 Å². The third-order valence-electron chi connectivity index (χ3n) is 9.74. The first-order valence-corrected chi connectivity index (χ1v) is 17.1. The number of benzene rings is 3. The molecule has 1 atom stereocenters. The van der Waals surface area contributed by atoms with Gasteiger partial charge in [0.25, 0.3) is 5.91 Å². The van der Waals surface area contributed by atoms with Gasteiger partial charge in [-0.3, -0.25) is 9.59 Å². The van der Waals surface area contributed by atoms with Gasteiger partial charge in [0.15, 0.2) is 0 Å². The Morgan fingerprint density at radius 3 is 2.33 bits per heavy atom. The molecule has 0 spiro atoms. The number of hydrogen-bond acceptors (Lipinski definition) is 7. The average Bonchev–Trinajstić information content (AvgIpc) is 3.51. The number of ether oxygens (including phenoxy) is 1. The van der Waals surface area contributed by atoms with Gasteiger partial charge in [-0.25, -0.2) is 4.98 Å². The number of piperidine rings is 1. The highest BCUT2D eigenvalue weighted by atomic mass is 16.5. The van der Waals surface area contributed by atoms with E-state index < -0.39 is 0 Å². The van der Waals surface area contributed by atoms with Crippen LogP contribution in [0.1, 0.15) is 52.7 Å². The van der Waals surface area contributed by atoms with Gasteiger partial charge in [-0.2, -0.15) is 4.99 Å². The number of aryl methyl sites for hydroxylation is 3. The molecule has 3 aliphatic rings. The van der Waals surface area contributed by atoms with Gasteiger partial charge in [0, 0.05) is 56.5 Å². The molecule has 4 heterocycles. The van der Waals surface area contributed by atoms with Gasteiger partial charge >= 0.3 is 6.02 Å². The number of rotatable bonds is 5. The van der Waals surface area contributed by atoms with E-state index >= 15 is 0 Å². The fraction of sp³-hybridized carbons (Fsp3) is 0.333. The van der Waals surface area contributed by atoms with Crippen molar-refractivity contribution >= 4 is 29.3 Å². The van der Waals surface area contributed by atoms with Crippen LogP contribution in [0.2, 0.25) is 0 Å². The Hall–Kier alpha value is -5.38. The Morgan fingerprint density at radius 2 is 1.57 bits per heavy atom. The smallest absolute Gasteiger partial charge is 0.301 e. The van der Waals surface area contributed by atoms with Gasteiger partial charge in [0.2, 0.25) is 5.91 Å². The number of para-hydroxylation sites is 1. The topological polar surface area (TPSA) is 119 Å². The molecule has 1 unspecified atom stereocenters. The number of likely N-dealkylation sites (tertiary alicyclic amines) is 2. The number of fused-ring (bicyclic) bond motifs is 2. The Balaban J connectivity index is 1.02. The molecule has 49 heavy (non-hydrogen) atoms. The van der Waals surface area contributed by atoms with Crippen LogP contribution in [0, 0.1) is 12.8 Å². The van der Waals surface area contributed by atoms with Crippen molar-refractivity contribution in [2.24, 2.45) is 10.9 Å². The fourth-order valence-electron chi connectivity index (χ4n) is 7.29. The molecular weight excluding hydrogens is 618 g/mol. The van der Waals surface area contributed by atoms with Crippen molar-refractivity contribution in [1.82, 2.24) is 14.8 Å². The number of amides is 2. The van der Waals surface area contributed by atoms with Gasteiger partial charge in [-0.1, -0.05) is 42.5 Å². The Morgan fingerprint density at radius 1 is 0.878 bits per heavy atom. The number of aliphatic imine (C=N–C) groups is 1. The average molecular weight is 660 g/mol. The van der Waals surface area contributed by atoms with Crippen LogP contribution < -0.4 is 9.64 Å². The number of carbonyl (C=O) groups excluding carboxylic acids is 2. The maximum absolute atomic E-state index is 13.6. The molecule has 2 N–H and O–H groups in total. The zero-order chi connectivity index (χ0) is 33.9. The molecular formula is C39H41N5O5. The monoisotopic (exact) mass is 659 g/mol. The van der Waals surface area contributed by atoms with E-state index in [1.807, 2.05) is 59.3 Å². The Bertz CT molecular complexity index is 1860. The number of anilines is 2. The molecule has 252 valence electrons. The zero-order valence-electron chi connectivity index (χ0n) is 27.7. The van der Waals surface area contributed by atoms with Gasteiger partial charge in [-0.05, 0) is 92.0 Å². The Kier molecular flexibility index (Phi) is 9.19. The second-order valence-electron chi connectivity index (χ2n) is 13.2. The van der Waals surface area contributed by atoms with E-state index in [4.69, 9.17) is 9.72 Å². The quantitative estimate of drug-likeness (QED) is 0.197. The molecule has 10 nitrogen and oxygen atoms in total. The highest BCUT2D eigenvalue weighted by molar-refractivity contribution is 6.01. The van der Waals surface area contributed by atoms with Gasteiger partial charge in [-0.15, -0.1) is 0 Å². The summed E-state index contributed by atoms with van der Waals surface area (Å²) in [6.45, 7) is 4.42. The highest BCUT2D eigenvalue weighted by Gasteiger charge is 2.35. The second kappa shape index (κ2) is 14.0. The van der Waals surface area contributed by atoms with E-state index in [0.717, 1.165) is 48.2 Å². The van der Waals surface area contributed by atoms with Crippen molar-refractivity contribution in [1.29, 1.82) is 0 Å². The summed E-state index contributed by atoms with van der Waals surface area (Å²) in [7, 11) is 0. The summed E-state index contributed by atoms with van der Waals surface area (Å²) in [5, 5.41) is 21.3. The maximum Gasteiger partial charge on any atom is 0.301 e. The number of carbonyl (C=O) groups is 2. The number of aromatic hydroxyl groups is 2. The molecule has 1 aromatic heterocycles. The first-order valence-electron chi connectivity index (χ1n) is 17.1. The van der Waals surface area contributed by atoms with Gasteiger partial charge < -0.3 is 29.6 Å². The minimum atomic E-state index is -0.376. The molecule has 0 saturated carbocycles. The minimum absolute atomic E-state index is 0.0309. The van der Waals surface area contributed by atoms with Gasteiger partial charge in [0.1, 0.15) is 23.1 Å². The van der Waals surface area contributed by atoms with Crippen LogP contribution in [0.5, 0.6) is 17.2 Å². The summed E-state index contributed by atoms with van der Waals surface area (Å²) in [6, 6.07) is 23.8. The van der Waals surface area contributed by atoms with Crippen molar-refractivity contribution in [2.45, 2.75) is 51.5 Å². The van der Waals surface area contributed by atoms with Crippen LogP contribution in [0.15, 0.2) is 90.1 Å². The predicted octanol–water partition coefficient (Wildman–Crippen LogP) is 6.02. The van der Waals surface area contributed by atoms with Crippen molar-refractivity contribution in [3.8, 4) is 17.2 Å². The summed E-state index contributed by atoms with van der Waals surface area (Å²) in [6.07, 6.45) is 5.94. The lowest BCUT2D eigenvalue weighted by atomic mass is 9.98. The fourth-order valence-corrected chi connectivity index (χ4v) is 7.29. The third-order valence-corrected chi connectivity index (χ3v) is 9.74.